The van der Waals surface area contributed by atoms with Crippen LogP contribution in [-0.2, 0) is 4.79 Å². The van der Waals surface area contributed by atoms with Crippen LogP contribution in [0.5, 0.6) is 5.75 Å². The van der Waals surface area contributed by atoms with Crippen molar-refractivity contribution in [2.45, 2.75) is 25.8 Å². The fourth-order valence-electron chi connectivity index (χ4n) is 3.68. The number of H-pyrrole nitrogens is 1. The van der Waals surface area contributed by atoms with E-state index in [0.717, 1.165) is 47.8 Å². The zero-order valence-electron chi connectivity index (χ0n) is 16.9. The highest BCUT2D eigenvalue weighted by atomic mass is 19.1. The summed E-state index contributed by atoms with van der Waals surface area (Å²) in [6, 6.07) is 16.0. The van der Waals surface area contributed by atoms with Gasteiger partial charge in [0.05, 0.1) is 5.69 Å². The molecule has 2 aromatic carbocycles. The lowest BCUT2D eigenvalue weighted by Crippen LogP contribution is -2.49. The topological polar surface area (TPSA) is 70.2 Å². The summed E-state index contributed by atoms with van der Waals surface area (Å²) in [5.74, 6) is 1.16. The molecular formula is C23H25FN4O2. The number of nitrogens with zero attached hydrogens (tertiary/aromatic N) is 2. The molecule has 1 amide bonds. The number of aromatic nitrogens is 2. The van der Waals surface area contributed by atoms with Gasteiger partial charge in [-0.25, -0.2) is 4.39 Å². The number of rotatable bonds is 6. The van der Waals surface area contributed by atoms with E-state index in [1.165, 1.54) is 12.1 Å². The third-order valence-corrected chi connectivity index (χ3v) is 5.28. The van der Waals surface area contributed by atoms with Crippen molar-refractivity contribution in [3.05, 3.63) is 66.0 Å². The molecule has 0 unspecified atom stereocenters. The minimum absolute atomic E-state index is 0.00151. The molecule has 1 saturated heterocycles. The summed E-state index contributed by atoms with van der Waals surface area (Å²) < 4.78 is 18.8. The summed E-state index contributed by atoms with van der Waals surface area (Å²) in [5.41, 5.74) is 2.72. The summed E-state index contributed by atoms with van der Waals surface area (Å²) in [5, 5.41) is 10.5. The Labute approximate surface area is 175 Å². The molecule has 1 atom stereocenters. The Bertz CT molecular complexity index is 1000. The Morgan fingerprint density at radius 1 is 1.27 bits per heavy atom. The van der Waals surface area contributed by atoms with E-state index in [2.05, 4.69) is 20.4 Å². The molecule has 4 rings (SSSR count). The van der Waals surface area contributed by atoms with Crippen LogP contribution >= 0.6 is 0 Å². The maximum atomic E-state index is 13.1. The van der Waals surface area contributed by atoms with Crippen LogP contribution in [0.2, 0.25) is 0 Å². The second kappa shape index (κ2) is 8.98. The molecule has 1 aromatic heterocycles. The van der Waals surface area contributed by atoms with E-state index in [9.17, 15) is 9.18 Å². The minimum atomic E-state index is -0.264. The number of aromatic amines is 1. The van der Waals surface area contributed by atoms with Crippen molar-refractivity contribution in [1.29, 1.82) is 0 Å². The number of anilines is 1. The molecule has 1 aliphatic heterocycles. The third kappa shape index (κ3) is 4.79. The van der Waals surface area contributed by atoms with E-state index < -0.39 is 0 Å². The zero-order chi connectivity index (χ0) is 20.9. The highest BCUT2D eigenvalue weighted by Gasteiger charge is 2.23. The Morgan fingerprint density at radius 3 is 2.87 bits per heavy atom. The van der Waals surface area contributed by atoms with Gasteiger partial charge in [0.15, 0.2) is 12.4 Å². The predicted molar refractivity (Wildman–Crippen MR) is 114 cm³/mol. The number of nitrogens with one attached hydrogen (secondary N) is 2. The van der Waals surface area contributed by atoms with Crippen LogP contribution in [0.4, 0.5) is 10.2 Å². The highest BCUT2D eigenvalue weighted by Crippen LogP contribution is 2.24. The van der Waals surface area contributed by atoms with Gasteiger partial charge in [0.1, 0.15) is 11.6 Å². The standard InChI is InChI=1S/C23H25FN4O2/c1-16-5-2-3-7-21(16)30-15-23(29)25-19-6-4-12-28(14-19)22-13-20(26-27-22)17-8-10-18(24)11-9-17/h2-3,5,7-11,13,19H,4,6,12,14-15H2,1H3,(H,25,29)(H,26,27)/t19-/m0/s1. The fraction of sp³-hybridized carbons (Fsp3) is 0.304. The van der Waals surface area contributed by atoms with Crippen LogP contribution in [0.15, 0.2) is 54.6 Å². The number of hydrogen-bond donors (Lipinski definition) is 2. The SMILES string of the molecule is Cc1ccccc1OCC(=O)N[C@H]1CCCN(c2cc(-c3ccc(F)cc3)[nH]n2)C1. The Kier molecular flexibility index (Phi) is 5.97. The molecule has 0 saturated carbocycles. The van der Waals surface area contributed by atoms with Crippen LogP contribution in [0.1, 0.15) is 18.4 Å². The van der Waals surface area contributed by atoms with E-state index in [0.29, 0.717) is 6.54 Å². The smallest absolute Gasteiger partial charge is 0.258 e. The minimum Gasteiger partial charge on any atom is -0.484 e. The van der Waals surface area contributed by atoms with Crippen LogP contribution in [0, 0.1) is 12.7 Å². The monoisotopic (exact) mass is 408 g/mol. The number of carbonyl (C=O) groups excluding carboxylic acids is 1. The molecule has 0 bridgehead atoms. The molecule has 2 N–H and O–H groups in total. The second-order valence-corrected chi connectivity index (χ2v) is 7.55. The molecule has 2 heterocycles. The van der Waals surface area contributed by atoms with Gasteiger partial charge in [0.2, 0.25) is 0 Å². The van der Waals surface area contributed by atoms with Gasteiger partial charge in [-0.3, -0.25) is 9.89 Å². The summed E-state index contributed by atoms with van der Waals surface area (Å²) in [4.78, 5) is 14.5. The fourth-order valence-corrected chi connectivity index (χ4v) is 3.68. The largest absolute Gasteiger partial charge is 0.484 e. The molecule has 6 nitrogen and oxygen atoms in total. The lowest BCUT2D eigenvalue weighted by Gasteiger charge is -2.33. The van der Waals surface area contributed by atoms with Crippen molar-refractivity contribution >= 4 is 11.7 Å². The van der Waals surface area contributed by atoms with E-state index in [1.807, 2.05) is 37.3 Å². The molecule has 0 aliphatic carbocycles. The van der Waals surface area contributed by atoms with Crippen molar-refractivity contribution < 1.29 is 13.9 Å². The molecule has 1 fully saturated rings. The van der Waals surface area contributed by atoms with Crippen molar-refractivity contribution in [2.75, 3.05) is 24.6 Å². The van der Waals surface area contributed by atoms with Gasteiger partial charge in [-0.2, -0.15) is 5.10 Å². The van der Waals surface area contributed by atoms with Crippen LogP contribution in [-0.4, -0.2) is 41.8 Å². The van der Waals surface area contributed by atoms with Gasteiger partial charge in [-0.15, -0.1) is 0 Å². The van der Waals surface area contributed by atoms with E-state index >= 15 is 0 Å². The number of amides is 1. The first kappa shape index (κ1) is 19.9. The lowest BCUT2D eigenvalue weighted by molar-refractivity contribution is -0.123. The Morgan fingerprint density at radius 2 is 2.07 bits per heavy atom. The zero-order valence-corrected chi connectivity index (χ0v) is 16.9. The number of hydrogen-bond acceptors (Lipinski definition) is 4. The molecule has 30 heavy (non-hydrogen) atoms. The van der Waals surface area contributed by atoms with Crippen LogP contribution < -0.4 is 15.0 Å². The third-order valence-electron chi connectivity index (χ3n) is 5.28. The predicted octanol–water partition coefficient (Wildman–Crippen LogP) is 3.69. The van der Waals surface area contributed by atoms with Crippen molar-refractivity contribution in [1.82, 2.24) is 15.5 Å². The van der Waals surface area contributed by atoms with E-state index in [-0.39, 0.29) is 24.4 Å². The number of aryl methyl sites for hydroxylation is 1. The average Bonchev–Trinajstić information content (AvgIpc) is 3.24. The first-order valence-corrected chi connectivity index (χ1v) is 10.1. The van der Waals surface area contributed by atoms with Gasteiger partial charge in [0.25, 0.3) is 5.91 Å². The Balaban J connectivity index is 1.32. The second-order valence-electron chi connectivity index (χ2n) is 7.55. The maximum absolute atomic E-state index is 13.1. The molecule has 0 spiro atoms. The normalized spacial score (nSPS) is 16.3. The van der Waals surface area contributed by atoms with Gasteiger partial charge >= 0.3 is 0 Å². The van der Waals surface area contributed by atoms with Gasteiger partial charge < -0.3 is 15.0 Å². The summed E-state index contributed by atoms with van der Waals surface area (Å²) in [6.45, 7) is 3.51. The van der Waals surface area contributed by atoms with E-state index in [4.69, 9.17) is 4.74 Å². The summed E-state index contributed by atoms with van der Waals surface area (Å²) in [6.07, 6.45) is 1.88. The highest BCUT2D eigenvalue weighted by molar-refractivity contribution is 5.78. The number of ether oxygens (including phenoxy) is 1. The first-order valence-electron chi connectivity index (χ1n) is 10.1. The lowest BCUT2D eigenvalue weighted by atomic mass is 10.1. The average molecular weight is 408 g/mol. The molecule has 156 valence electrons. The van der Waals surface area contributed by atoms with Crippen LogP contribution in [0.3, 0.4) is 0 Å². The summed E-state index contributed by atoms with van der Waals surface area (Å²) >= 11 is 0. The number of carbonyl (C=O) groups is 1. The number of halogens is 1. The van der Waals surface area contributed by atoms with E-state index in [1.54, 1.807) is 12.1 Å². The molecule has 0 radical (unpaired) electrons. The van der Waals surface area contributed by atoms with Crippen molar-refractivity contribution in [3.63, 3.8) is 0 Å². The van der Waals surface area contributed by atoms with Gasteiger partial charge in [0, 0.05) is 25.2 Å². The van der Waals surface area contributed by atoms with Gasteiger partial charge in [-0.05, 0) is 61.2 Å². The molecule has 7 heteroatoms. The summed E-state index contributed by atoms with van der Waals surface area (Å²) in [7, 11) is 0. The molecular weight excluding hydrogens is 383 g/mol. The number of benzene rings is 2. The maximum Gasteiger partial charge on any atom is 0.258 e. The Hall–Kier alpha value is -3.35. The molecule has 1 aliphatic rings. The van der Waals surface area contributed by atoms with Crippen molar-refractivity contribution in [2.24, 2.45) is 0 Å². The van der Waals surface area contributed by atoms with Gasteiger partial charge in [-0.1, -0.05) is 18.2 Å². The first-order chi connectivity index (χ1) is 14.6. The molecule has 3 aromatic rings. The van der Waals surface area contributed by atoms with Crippen molar-refractivity contribution in [3.8, 4) is 17.0 Å². The number of para-hydroxylation sites is 1. The quantitative estimate of drug-likeness (QED) is 0.653. The van der Waals surface area contributed by atoms with Crippen LogP contribution in [0.25, 0.3) is 11.3 Å². The number of piperidine rings is 1.